The second kappa shape index (κ2) is 6.38. The van der Waals surface area contributed by atoms with E-state index in [0.717, 1.165) is 0 Å². The molecule has 2 rings (SSSR count). The lowest BCUT2D eigenvalue weighted by Crippen LogP contribution is -2.28. The van der Waals surface area contributed by atoms with Crippen LogP contribution in [0.2, 0.25) is 0 Å². The van der Waals surface area contributed by atoms with Gasteiger partial charge in [0, 0.05) is 12.1 Å². The quantitative estimate of drug-likeness (QED) is 0.810. The summed E-state index contributed by atoms with van der Waals surface area (Å²) in [4.78, 5) is 0. The third kappa shape index (κ3) is 3.35. The first-order valence-corrected chi connectivity index (χ1v) is 7.58. The highest BCUT2D eigenvalue weighted by Gasteiger charge is 2.13. The zero-order valence-corrected chi connectivity index (χ0v) is 12.1. The summed E-state index contributed by atoms with van der Waals surface area (Å²) in [5, 5.41) is 3.70. The molecule has 1 aromatic carbocycles. The van der Waals surface area contributed by atoms with Gasteiger partial charge in [0.05, 0.1) is 0 Å². The monoisotopic (exact) mass is 245 g/mol. The summed E-state index contributed by atoms with van der Waals surface area (Å²) in [6, 6.07) is 8.19. The Hall–Kier alpha value is -0.820. The minimum absolute atomic E-state index is 0.471. The molecular formula is C17H27N. The number of fused-ring (bicyclic) bond motifs is 1. The molecule has 0 aromatic heterocycles. The first kappa shape index (κ1) is 13.6. The normalized spacial score (nSPS) is 18.2. The zero-order chi connectivity index (χ0) is 13.0. The van der Waals surface area contributed by atoms with Gasteiger partial charge < -0.3 is 5.32 Å². The smallest absolute Gasteiger partial charge is 0.0294 e. The van der Waals surface area contributed by atoms with Gasteiger partial charge in [0.15, 0.2) is 0 Å². The summed E-state index contributed by atoms with van der Waals surface area (Å²) in [5.41, 5.74) is 4.63. The Morgan fingerprint density at radius 3 is 2.56 bits per heavy atom. The minimum Gasteiger partial charge on any atom is -0.308 e. The van der Waals surface area contributed by atoms with Crippen molar-refractivity contribution in [3.05, 3.63) is 34.9 Å². The summed E-state index contributed by atoms with van der Waals surface area (Å²) >= 11 is 0. The van der Waals surface area contributed by atoms with Crippen LogP contribution in [0.4, 0.5) is 0 Å². The molecule has 0 heterocycles. The van der Waals surface area contributed by atoms with Crippen LogP contribution in [0.25, 0.3) is 0 Å². The van der Waals surface area contributed by atoms with Crippen molar-refractivity contribution in [2.45, 2.75) is 71.4 Å². The van der Waals surface area contributed by atoms with Crippen molar-refractivity contribution >= 4 is 0 Å². The first-order chi connectivity index (χ1) is 8.70. The molecule has 0 spiro atoms. The number of nitrogens with one attached hydrogen (secondary N) is 1. The second-order valence-electron chi connectivity index (χ2n) is 5.81. The Morgan fingerprint density at radius 1 is 1.11 bits per heavy atom. The van der Waals surface area contributed by atoms with Gasteiger partial charge in [-0.05, 0) is 62.6 Å². The van der Waals surface area contributed by atoms with Crippen molar-refractivity contribution in [1.82, 2.24) is 5.32 Å². The molecule has 100 valence electrons. The van der Waals surface area contributed by atoms with Gasteiger partial charge in [0.2, 0.25) is 0 Å². The maximum atomic E-state index is 3.70. The molecule has 0 amide bonds. The van der Waals surface area contributed by atoms with Crippen molar-refractivity contribution in [1.29, 1.82) is 0 Å². The van der Waals surface area contributed by atoms with Gasteiger partial charge in [-0.15, -0.1) is 0 Å². The van der Waals surface area contributed by atoms with Crippen LogP contribution in [0.15, 0.2) is 18.2 Å². The van der Waals surface area contributed by atoms with Gasteiger partial charge in [-0.1, -0.05) is 31.5 Å². The highest BCUT2D eigenvalue weighted by atomic mass is 14.9. The van der Waals surface area contributed by atoms with E-state index < -0.39 is 0 Å². The summed E-state index contributed by atoms with van der Waals surface area (Å²) in [5.74, 6) is 0. The lowest BCUT2D eigenvalue weighted by Gasteiger charge is -2.22. The summed E-state index contributed by atoms with van der Waals surface area (Å²) in [6.07, 6.45) is 7.81. The van der Waals surface area contributed by atoms with E-state index in [-0.39, 0.29) is 0 Å². The Balaban J connectivity index is 2.04. The predicted octanol–water partition coefficient (Wildman–Crippen LogP) is 4.40. The van der Waals surface area contributed by atoms with Crippen molar-refractivity contribution in [2.75, 3.05) is 0 Å². The second-order valence-corrected chi connectivity index (χ2v) is 5.81. The van der Waals surface area contributed by atoms with Crippen LogP contribution in [0, 0.1) is 0 Å². The molecule has 1 nitrogen and oxygen atoms in total. The van der Waals surface area contributed by atoms with E-state index in [1.165, 1.54) is 44.1 Å². The van der Waals surface area contributed by atoms with Gasteiger partial charge in [-0.3, -0.25) is 0 Å². The molecule has 2 atom stereocenters. The Bertz CT molecular complexity index is 383. The molecule has 18 heavy (non-hydrogen) atoms. The highest BCUT2D eigenvalue weighted by Crippen LogP contribution is 2.25. The van der Waals surface area contributed by atoms with Gasteiger partial charge in [-0.2, -0.15) is 0 Å². The van der Waals surface area contributed by atoms with E-state index in [0.29, 0.717) is 12.1 Å². The molecule has 1 heteroatoms. The van der Waals surface area contributed by atoms with Crippen LogP contribution >= 0.6 is 0 Å². The standard InChI is InChI=1S/C17H27N/c1-4-7-13(2)18-14(3)16-11-10-15-8-5-6-9-17(15)12-16/h10-14,18H,4-9H2,1-3H3. The van der Waals surface area contributed by atoms with Crippen molar-refractivity contribution in [3.63, 3.8) is 0 Å². The van der Waals surface area contributed by atoms with Crippen LogP contribution in [-0.4, -0.2) is 6.04 Å². The number of benzene rings is 1. The number of rotatable bonds is 5. The number of hydrogen-bond donors (Lipinski definition) is 1. The molecular weight excluding hydrogens is 218 g/mol. The fourth-order valence-electron chi connectivity index (χ4n) is 3.06. The SMILES string of the molecule is CCCC(C)NC(C)c1ccc2c(c1)CCCC2. The molecule has 1 N–H and O–H groups in total. The molecule has 0 radical (unpaired) electrons. The van der Waals surface area contributed by atoms with Crippen molar-refractivity contribution in [3.8, 4) is 0 Å². The molecule has 0 aliphatic heterocycles. The van der Waals surface area contributed by atoms with Crippen molar-refractivity contribution in [2.24, 2.45) is 0 Å². The third-order valence-corrected chi connectivity index (χ3v) is 4.13. The van der Waals surface area contributed by atoms with Gasteiger partial charge in [0.1, 0.15) is 0 Å². The molecule has 1 aromatic rings. The molecule has 0 saturated heterocycles. The first-order valence-electron chi connectivity index (χ1n) is 7.58. The predicted molar refractivity (Wildman–Crippen MR) is 79.0 cm³/mol. The Kier molecular flexibility index (Phi) is 4.82. The maximum absolute atomic E-state index is 3.70. The van der Waals surface area contributed by atoms with E-state index in [9.17, 15) is 0 Å². The lowest BCUT2D eigenvalue weighted by atomic mass is 9.89. The van der Waals surface area contributed by atoms with Crippen LogP contribution in [0.5, 0.6) is 0 Å². The zero-order valence-electron chi connectivity index (χ0n) is 12.1. The summed E-state index contributed by atoms with van der Waals surface area (Å²) in [6.45, 7) is 6.83. The van der Waals surface area contributed by atoms with Gasteiger partial charge in [-0.25, -0.2) is 0 Å². The fraction of sp³-hybridized carbons (Fsp3) is 0.647. The van der Waals surface area contributed by atoms with E-state index in [1.54, 1.807) is 11.1 Å². The van der Waals surface area contributed by atoms with Gasteiger partial charge >= 0.3 is 0 Å². The molecule has 0 saturated carbocycles. The highest BCUT2D eigenvalue weighted by molar-refractivity contribution is 5.35. The lowest BCUT2D eigenvalue weighted by molar-refractivity contribution is 0.452. The largest absolute Gasteiger partial charge is 0.308 e. The summed E-state index contributed by atoms with van der Waals surface area (Å²) < 4.78 is 0. The minimum atomic E-state index is 0.471. The van der Waals surface area contributed by atoms with E-state index in [4.69, 9.17) is 0 Å². The Labute approximate surface area is 112 Å². The van der Waals surface area contributed by atoms with Crippen LogP contribution < -0.4 is 5.32 Å². The van der Waals surface area contributed by atoms with E-state index >= 15 is 0 Å². The molecule has 1 aliphatic rings. The summed E-state index contributed by atoms with van der Waals surface area (Å²) in [7, 11) is 0. The molecule has 0 fully saturated rings. The number of aryl methyl sites for hydroxylation is 2. The van der Waals surface area contributed by atoms with E-state index in [1.807, 2.05) is 0 Å². The number of hydrogen-bond acceptors (Lipinski definition) is 1. The van der Waals surface area contributed by atoms with E-state index in [2.05, 4.69) is 44.3 Å². The van der Waals surface area contributed by atoms with Crippen LogP contribution in [0.1, 0.15) is 69.2 Å². The molecule has 2 unspecified atom stereocenters. The van der Waals surface area contributed by atoms with Crippen molar-refractivity contribution < 1.29 is 0 Å². The van der Waals surface area contributed by atoms with Crippen LogP contribution in [-0.2, 0) is 12.8 Å². The van der Waals surface area contributed by atoms with Gasteiger partial charge in [0.25, 0.3) is 0 Å². The third-order valence-electron chi connectivity index (χ3n) is 4.13. The average molecular weight is 245 g/mol. The Morgan fingerprint density at radius 2 is 1.83 bits per heavy atom. The topological polar surface area (TPSA) is 12.0 Å². The molecule has 0 bridgehead atoms. The fourth-order valence-corrected chi connectivity index (χ4v) is 3.06. The maximum Gasteiger partial charge on any atom is 0.0294 e. The molecule has 1 aliphatic carbocycles. The average Bonchev–Trinajstić information content (AvgIpc) is 2.38. The van der Waals surface area contributed by atoms with Crippen LogP contribution in [0.3, 0.4) is 0 Å².